The van der Waals surface area contributed by atoms with Crippen molar-refractivity contribution < 1.29 is 9.66 Å². The third-order valence-corrected chi connectivity index (χ3v) is 3.59. The number of nitrogens with zero attached hydrogens (tertiary/aromatic N) is 1. The van der Waals surface area contributed by atoms with Gasteiger partial charge >= 0.3 is 0 Å². The van der Waals surface area contributed by atoms with Crippen LogP contribution in [-0.4, -0.2) is 11.5 Å². The molecule has 5 nitrogen and oxygen atoms in total. The number of benzene rings is 2. The molecule has 0 amide bonds. The molecule has 0 spiro atoms. The molecule has 0 bridgehead atoms. The van der Waals surface area contributed by atoms with Gasteiger partial charge in [0.15, 0.2) is 0 Å². The van der Waals surface area contributed by atoms with E-state index in [1.54, 1.807) is 12.1 Å². The lowest BCUT2D eigenvalue weighted by atomic mass is 10.1. The summed E-state index contributed by atoms with van der Waals surface area (Å²) in [7, 11) is 0. The van der Waals surface area contributed by atoms with Crippen LogP contribution in [0.1, 0.15) is 16.7 Å². The smallest absolute Gasteiger partial charge is 0.273 e. The van der Waals surface area contributed by atoms with E-state index in [4.69, 9.17) is 4.74 Å². The van der Waals surface area contributed by atoms with Crippen LogP contribution in [0.3, 0.4) is 0 Å². The van der Waals surface area contributed by atoms with Gasteiger partial charge < -0.3 is 10.1 Å². The first-order valence-electron chi connectivity index (χ1n) is 6.91. The summed E-state index contributed by atoms with van der Waals surface area (Å²) in [6, 6.07) is 13.0. The lowest BCUT2D eigenvalue weighted by molar-refractivity contribution is -0.385. The van der Waals surface area contributed by atoms with Crippen molar-refractivity contribution >= 4 is 5.69 Å². The maximum Gasteiger partial charge on any atom is 0.273 e. The van der Waals surface area contributed by atoms with E-state index < -0.39 is 0 Å². The van der Waals surface area contributed by atoms with E-state index in [0.717, 1.165) is 24.3 Å². The molecule has 3 rings (SSSR count). The Kier molecular flexibility index (Phi) is 3.83. The largest absolute Gasteiger partial charge is 0.493 e. The van der Waals surface area contributed by atoms with Crippen LogP contribution in [0.15, 0.2) is 42.5 Å². The molecule has 108 valence electrons. The van der Waals surface area contributed by atoms with Gasteiger partial charge in [0.1, 0.15) is 5.75 Å². The van der Waals surface area contributed by atoms with Crippen LogP contribution < -0.4 is 10.1 Å². The fourth-order valence-electron chi connectivity index (χ4n) is 2.53. The van der Waals surface area contributed by atoms with Crippen LogP contribution in [0, 0.1) is 10.1 Å². The van der Waals surface area contributed by atoms with Crippen LogP contribution in [0.4, 0.5) is 5.69 Å². The van der Waals surface area contributed by atoms with Gasteiger partial charge in [0.25, 0.3) is 5.69 Å². The lowest BCUT2D eigenvalue weighted by Crippen LogP contribution is -2.13. The van der Waals surface area contributed by atoms with Gasteiger partial charge in [-0.05, 0) is 17.2 Å². The zero-order valence-electron chi connectivity index (χ0n) is 11.5. The molecular weight excluding hydrogens is 268 g/mol. The average Bonchev–Trinajstić information content (AvgIpc) is 2.95. The fourth-order valence-corrected chi connectivity index (χ4v) is 2.53. The van der Waals surface area contributed by atoms with Crippen LogP contribution in [0.5, 0.6) is 5.75 Å². The Labute approximate surface area is 122 Å². The molecule has 0 aromatic heterocycles. The third-order valence-electron chi connectivity index (χ3n) is 3.59. The Hall–Kier alpha value is -2.40. The molecule has 5 heteroatoms. The normalized spacial score (nSPS) is 12.8. The summed E-state index contributed by atoms with van der Waals surface area (Å²) >= 11 is 0. The van der Waals surface area contributed by atoms with Crippen molar-refractivity contribution in [1.82, 2.24) is 5.32 Å². The summed E-state index contributed by atoms with van der Waals surface area (Å²) in [4.78, 5) is 10.6. The Bertz CT molecular complexity index is 670. The minimum Gasteiger partial charge on any atom is -0.493 e. The fraction of sp³-hybridized carbons (Fsp3) is 0.250. The first-order valence-corrected chi connectivity index (χ1v) is 6.91. The molecule has 0 aliphatic carbocycles. The standard InChI is InChI=1S/C16H16N2O3/c19-18(20)15-4-2-1-3-14(15)11-17-10-12-5-6-16-13(9-12)7-8-21-16/h1-6,9,17H,7-8,10-11H2. The van der Waals surface area contributed by atoms with E-state index in [9.17, 15) is 10.1 Å². The van der Waals surface area contributed by atoms with Crippen molar-refractivity contribution in [2.24, 2.45) is 0 Å². The van der Waals surface area contributed by atoms with Crippen molar-refractivity contribution in [3.63, 3.8) is 0 Å². The Morgan fingerprint density at radius 2 is 2.05 bits per heavy atom. The number of nitrogens with one attached hydrogen (secondary N) is 1. The number of nitro groups is 1. The number of para-hydroxylation sites is 1. The van der Waals surface area contributed by atoms with Gasteiger partial charge in [0.2, 0.25) is 0 Å². The molecule has 0 atom stereocenters. The van der Waals surface area contributed by atoms with E-state index in [1.807, 2.05) is 18.2 Å². The number of hydrogen-bond acceptors (Lipinski definition) is 4. The van der Waals surface area contributed by atoms with Crippen molar-refractivity contribution in [3.05, 3.63) is 69.3 Å². The van der Waals surface area contributed by atoms with E-state index in [1.165, 1.54) is 11.6 Å². The van der Waals surface area contributed by atoms with Crippen LogP contribution in [-0.2, 0) is 19.5 Å². The molecule has 0 saturated heterocycles. The summed E-state index contributed by atoms with van der Waals surface area (Å²) in [6.45, 7) is 1.91. The summed E-state index contributed by atoms with van der Waals surface area (Å²) in [5.74, 6) is 0.970. The molecule has 0 radical (unpaired) electrons. The SMILES string of the molecule is O=[N+]([O-])c1ccccc1CNCc1ccc2c(c1)CCO2. The van der Waals surface area contributed by atoms with Gasteiger partial charge in [0, 0.05) is 31.1 Å². The first kappa shape index (κ1) is 13.6. The lowest BCUT2D eigenvalue weighted by Gasteiger charge is -2.07. The van der Waals surface area contributed by atoms with E-state index in [-0.39, 0.29) is 10.6 Å². The van der Waals surface area contributed by atoms with Crippen molar-refractivity contribution in [2.45, 2.75) is 19.5 Å². The highest BCUT2D eigenvalue weighted by Crippen LogP contribution is 2.25. The van der Waals surface area contributed by atoms with E-state index >= 15 is 0 Å². The topological polar surface area (TPSA) is 64.4 Å². The second-order valence-electron chi connectivity index (χ2n) is 5.03. The number of nitro benzene ring substituents is 1. The second kappa shape index (κ2) is 5.93. The highest BCUT2D eigenvalue weighted by molar-refractivity contribution is 5.41. The molecule has 0 saturated carbocycles. The van der Waals surface area contributed by atoms with Gasteiger partial charge in [-0.2, -0.15) is 0 Å². The van der Waals surface area contributed by atoms with E-state index in [2.05, 4.69) is 11.4 Å². The maximum atomic E-state index is 10.9. The zero-order valence-corrected chi connectivity index (χ0v) is 11.5. The van der Waals surface area contributed by atoms with Gasteiger partial charge in [-0.1, -0.05) is 30.3 Å². The Morgan fingerprint density at radius 3 is 2.90 bits per heavy atom. The summed E-state index contributed by atoms with van der Waals surface area (Å²) in [6.07, 6.45) is 0.952. The highest BCUT2D eigenvalue weighted by atomic mass is 16.6. The zero-order chi connectivity index (χ0) is 14.7. The first-order chi connectivity index (χ1) is 10.2. The van der Waals surface area contributed by atoms with Crippen molar-refractivity contribution in [1.29, 1.82) is 0 Å². The van der Waals surface area contributed by atoms with Gasteiger partial charge in [-0.3, -0.25) is 10.1 Å². The summed E-state index contributed by atoms with van der Waals surface area (Å²) in [5, 5.41) is 14.2. The number of fused-ring (bicyclic) bond motifs is 1. The summed E-state index contributed by atoms with van der Waals surface area (Å²) < 4.78 is 5.47. The second-order valence-corrected chi connectivity index (χ2v) is 5.03. The molecule has 2 aromatic rings. The molecule has 2 aromatic carbocycles. The average molecular weight is 284 g/mol. The molecule has 0 fully saturated rings. The molecular formula is C16H16N2O3. The maximum absolute atomic E-state index is 10.9. The minimum atomic E-state index is -0.344. The summed E-state index contributed by atoms with van der Waals surface area (Å²) in [5.41, 5.74) is 3.26. The molecule has 1 aliphatic rings. The molecule has 1 heterocycles. The monoisotopic (exact) mass is 284 g/mol. The van der Waals surface area contributed by atoms with Crippen LogP contribution in [0.25, 0.3) is 0 Å². The minimum absolute atomic E-state index is 0.160. The van der Waals surface area contributed by atoms with Gasteiger partial charge in [-0.25, -0.2) is 0 Å². The van der Waals surface area contributed by atoms with Gasteiger partial charge in [0.05, 0.1) is 11.5 Å². The van der Waals surface area contributed by atoms with E-state index in [0.29, 0.717) is 18.7 Å². The third kappa shape index (κ3) is 3.03. The number of rotatable bonds is 5. The molecule has 0 unspecified atom stereocenters. The Balaban J connectivity index is 1.63. The molecule has 21 heavy (non-hydrogen) atoms. The predicted molar refractivity (Wildman–Crippen MR) is 79.3 cm³/mol. The number of ether oxygens (including phenoxy) is 1. The van der Waals surface area contributed by atoms with Crippen molar-refractivity contribution in [2.75, 3.05) is 6.61 Å². The van der Waals surface area contributed by atoms with Crippen molar-refractivity contribution in [3.8, 4) is 5.75 Å². The number of hydrogen-bond donors (Lipinski definition) is 1. The van der Waals surface area contributed by atoms with Crippen LogP contribution >= 0.6 is 0 Å². The molecule has 1 aliphatic heterocycles. The van der Waals surface area contributed by atoms with Crippen LogP contribution in [0.2, 0.25) is 0 Å². The quantitative estimate of drug-likeness (QED) is 0.677. The van der Waals surface area contributed by atoms with Gasteiger partial charge in [-0.15, -0.1) is 0 Å². The molecule has 1 N–H and O–H groups in total. The Morgan fingerprint density at radius 1 is 1.19 bits per heavy atom. The predicted octanol–water partition coefficient (Wildman–Crippen LogP) is 2.82. The highest BCUT2D eigenvalue weighted by Gasteiger charge is 2.13.